The predicted molar refractivity (Wildman–Crippen MR) is 117 cm³/mol. The molecule has 0 spiro atoms. The number of nitrogens with one attached hydrogen (secondary N) is 3. The molecule has 0 radical (unpaired) electrons. The van der Waals surface area contributed by atoms with Gasteiger partial charge in [0, 0.05) is 12.2 Å². The molecular weight excluding hydrogens is 382 g/mol. The Hall–Kier alpha value is -2.83. The van der Waals surface area contributed by atoms with Gasteiger partial charge in [-0.2, -0.15) is 0 Å². The van der Waals surface area contributed by atoms with E-state index in [0.29, 0.717) is 12.2 Å². The van der Waals surface area contributed by atoms with Gasteiger partial charge in [-0.05, 0) is 57.1 Å². The van der Waals surface area contributed by atoms with Gasteiger partial charge in [0.2, 0.25) is 0 Å². The predicted octanol–water partition coefficient (Wildman–Crippen LogP) is 3.77. The topological polar surface area (TPSA) is 96.5 Å². The van der Waals surface area contributed by atoms with Gasteiger partial charge >= 0.3 is 12.0 Å². The molecule has 1 aliphatic rings. The van der Waals surface area contributed by atoms with Crippen LogP contribution in [0.2, 0.25) is 0 Å². The highest BCUT2D eigenvalue weighted by molar-refractivity contribution is 5.93. The normalized spacial score (nSPS) is 15.5. The number of carbonyl (C=O) groups excluding carboxylic acids is 3. The van der Waals surface area contributed by atoms with Gasteiger partial charge in [0.25, 0.3) is 5.91 Å². The van der Waals surface area contributed by atoms with Crippen LogP contribution >= 0.6 is 0 Å². The van der Waals surface area contributed by atoms with Crippen molar-refractivity contribution in [1.82, 2.24) is 10.6 Å². The summed E-state index contributed by atoms with van der Waals surface area (Å²) in [7, 11) is 0. The Kier molecular flexibility index (Phi) is 9.38. The third-order valence-electron chi connectivity index (χ3n) is 5.03. The molecule has 30 heavy (non-hydrogen) atoms. The number of para-hydroxylation sites is 1. The monoisotopic (exact) mass is 415 g/mol. The molecule has 0 unspecified atom stereocenters. The Balaban J connectivity index is 1.80. The van der Waals surface area contributed by atoms with E-state index >= 15 is 0 Å². The summed E-state index contributed by atoms with van der Waals surface area (Å²) >= 11 is 0. The molecule has 1 aliphatic carbocycles. The van der Waals surface area contributed by atoms with Gasteiger partial charge in [-0.25, -0.2) is 9.59 Å². The largest absolute Gasteiger partial charge is 0.451 e. The Morgan fingerprint density at radius 3 is 2.43 bits per heavy atom. The average molecular weight is 416 g/mol. The van der Waals surface area contributed by atoms with E-state index in [4.69, 9.17) is 4.74 Å². The van der Waals surface area contributed by atoms with Crippen LogP contribution in [-0.2, 0) is 14.3 Å². The summed E-state index contributed by atoms with van der Waals surface area (Å²) in [5, 5.41) is 8.13. The molecule has 0 bridgehead atoms. The van der Waals surface area contributed by atoms with Crippen LogP contribution in [0.1, 0.15) is 52.9 Å². The van der Waals surface area contributed by atoms with E-state index in [2.05, 4.69) is 22.0 Å². The van der Waals surface area contributed by atoms with Gasteiger partial charge in [-0.1, -0.05) is 43.7 Å². The SMILES string of the molecule is CC(C)[C@H](NC(=O)Nc1ccccc1)C(=O)O[C@@H](C)C(=O)NCCC1=CCCCC1. The first-order valence-electron chi connectivity index (χ1n) is 10.7. The van der Waals surface area contributed by atoms with Crippen molar-refractivity contribution in [3.05, 3.63) is 42.0 Å². The lowest BCUT2D eigenvalue weighted by molar-refractivity contribution is -0.157. The Morgan fingerprint density at radius 1 is 1.07 bits per heavy atom. The van der Waals surface area contributed by atoms with E-state index in [1.165, 1.54) is 25.3 Å². The first kappa shape index (κ1) is 23.4. The molecule has 0 aliphatic heterocycles. The number of ether oxygens (including phenoxy) is 1. The number of allylic oxidation sites excluding steroid dienone is 1. The third-order valence-corrected chi connectivity index (χ3v) is 5.03. The molecule has 3 amide bonds. The summed E-state index contributed by atoms with van der Waals surface area (Å²) in [6, 6.07) is 7.57. The van der Waals surface area contributed by atoms with E-state index < -0.39 is 24.1 Å². The molecule has 0 saturated carbocycles. The van der Waals surface area contributed by atoms with Crippen molar-refractivity contribution in [1.29, 1.82) is 0 Å². The molecule has 0 saturated heterocycles. The fourth-order valence-electron chi connectivity index (χ4n) is 3.25. The second-order valence-corrected chi connectivity index (χ2v) is 7.91. The minimum Gasteiger partial charge on any atom is -0.451 e. The van der Waals surface area contributed by atoms with Crippen LogP contribution in [0.4, 0.5) is 10.5 Å². The van der Waals surface area contributed by atoms with Gasteiger partial charge in [0.15, 0.2) is 6.10 Å². The molecule has 2 rings (SSSR count). The third kappa shape index (κ3) is 7.89. The molecule has 3 N–H and O–H groups in total. The fourth-order valence-corrected chi connectivity index (χ4v) is 3.25. The lowest BCUT2D eigenvalue weighted by atomic mass is 9.97. The maximum Gasteiger partial charge on any atom is 0.329 e. The van der Waals surface area contributed by atoms with Crippen molar-refractivity contribution < 1.29 is 19.1 Å². The molecule has 164 valence electrons. The average Bonchev–Trinajstić information content (AvgIpc) is 2.73. The van der Waals surface area contributed by atoms with Crippen LogP contribution in [0.3, 0.4) is 0 Å². The minimum absolute atomic E-state index is 0.201. The van der Waals surface area contributed by atoms with Crippen molar-refractivity contribution in [2.75, 3.05) is 11.9 Å². The van der Waals surface area contributed by atoms with Crippen LogP contribution in [0.15, 0.2) is 42.0 Å². The van der Waals surface area contributed by atoms with Crippen LogP contribution < -0.4 is 16.0 Å². The molecule has 0 aromatic heterocycles. The van der Waals surface area contributed by atoms with Crippen molar-refractivity contribution in [3.63, 3.8) is 0 Å². The maximum absolute atomic E-state index is 12.6. The standard InChI is InChI=1S/C23H33N3O4/c1-16(2)20(26-23(29)25-19-12-8-5-9-13-19)22(28)30-17(3)21(27)24-15-14-18-10-6-4-7-11-18/h5,8-10,12-13,16-17,20H,4,6-7,11,14-15H2,1-3H3,(H,24,27)(H2,25,26,29)/t17-,20-/m0/s1. The lowest BCUT2D eigenvalue weighted by Gasteiger charge is -2.23. The highest BCUT2D eigenvalue weighted by atomic mass is 16.5. The van der Waals surface area contributed by atoms with Crippen LogP contribution in [0, 0.1) is 5.92 Å². The number of hydrogen-bond acceptors (Lipinski definition) is 4. The number of esters is 1. The fraction of sp³-hybridized carbons (Fsp3) is 0.522. The molecule has 7 heteroatoms. The molecule has 1 aromatic carbocycles. The van der Waals surface area contributed by atoms with Gasteiger partial charge in [0.1, 0.15) is 6.04 Å². The van der Waals surface area contributed by atoms with E-state index in [1.807, 2.05) is 6.07 Å². The highest BCUT2D eigenvalue weighted by Crippen LogP contribution is 2.19. The van der Waals surface area contributed by atoms with Crippen LogP contribution in [-0.4, -0.2) is 36.6 Å². The first-order valence-corrected chi connectivity index (χ1v) is 10.7. The van der Waals surface area contributed by atoms with E-state index in [0.717, 1.165) is 19.3 Å². The van der Waals surface area contributed by atoms with Crippen molar-refractivity contribution in [2.24, 2.45) is 5.92 Å². The second-order valence-electron chi connectivity index (χ2n) is 7.91. The van der Waals surface area contributed by atoms with Gasteiger partial charge < -0.3 is 20.7 Å². The molecule has 2 atom stereocenters. The van der Waals surface area contributed by atoms with Gasteiger partial charge in [0.05, 0.1) is 0 Å². The van der Waals surface area contributed by atoms with E-state index in [-0.39, 0.29) is 11.8 Å². The van der Waals surface area contributed by atoms with Gasteiger partial charge in [-0.15, -0.1) is 0 Å². The van der Waals surface area contributed by atoms with Crippen molar-refractivity contribution >= 4 is 23.6 Å². The number of anilines is 1. The number of carbonyl (C=O) groups is 3. The number of urea groups is 1. The smallest absolute Gasteiger partial charge is 0.329 e. The zero-order chi connectivity index (χ0) is 21.9. The Morgan fingerprint density at radius 2 is 1.80 bits per heavy atom. The molecule has 0 fully saturated rings. The quantitative estimate of drug-likeness (QED) is 0.422. The Bertz CT molecular complexity index is 746. The van der Waals surface area contributed by atoms with Crippen molar-refractivity contribution in [3.8, 4) is 0 Å². The number of rotatable bonds is 9. The summed E-state index contributed by atoms with van der Waals surface area (Å²) < 4.78 is 5.32. The molecular formula is C23H33N3O4. The van der Waals surface area contributed by atoms with Crippen LogP contribution in [0.5, 0.6) is 0 Å². The molecule has 7 nitrogen and oxygen atoms in total. The van der Waals surface area contributed by atoms with Crippen LogP contribution in [0.25, 0.3) is 0 Å². The number of amides is 3. The zero-order valence-electron chi connectivity index (χ0n) is 18.1. The van der Waals surface area contributed by atoms with E-state index in [1.54, 1.807) is 38.1 Å². The zero-order valence-corrected chi connectivity index (χ0v) is 18.1. The Labute approximate surface area is 178 Å². The summed E-state index contributed by atoms with van der Waals surface area (Å²) in [6.45, 7) is 5.67. The minimum atomic E-state index is -0.932. The summed E-state index contributed by atoms with van der Waals surface area (Å²) in [5.74, 6) is -1.17. The number of hydrogen-bond donors (Lipinski definition) is 3. The van der Waals surface area contributed by atoms with E-state index in [9.17, 15) is 14.4 Å². The summed E-state index contributed by atoms with van der Waals surface area (Å²) in [6.07, 6.45) is 6.78. The maximum atomic E-state index is 12.6. The number of benzene rings is 1. The second kappa shape index (κ2) is 12.0. The summed E-state index contributed by atoms with van der Waals surface area (Å²) in [5.41, 5.74) is 1.99. The highest BCUT2D eigenvalue weighted by Gasteiger charge is 2.29. The lowest BCUT2D eigenvalue weighted by Crippen LogP contribution is -2.49. The van der Waals surface area contributed by atoms with Gasteiger partial charge in [-0.3, -0.25) is 4.79 Å². The summed E-state index contributed by atoms with van der Waals surface area (Å²) in [4.78, 5) is 37.1. The first-order chi connectivity index (χ1) is 14.4. The molecule has 1 aromatic rings. The van der Waals surface area contributed by atoms with Crippen molar-refractivity contribution in [2.45, 2.75) is 65.0 Å². The molecule has 0 heterocycles.